The first-order valence-electron chi connectivity index (χ1n) is 8.46. The molecular formula is C20H22ClNO3. The molecule has 2 N–H and O–H groups in total. The zero-order chi connectivity index (χ0) is 17.7. The number of hydrogen-bond donors (Lipinski definition) is 2. The van der Waals surface area contributed by atoms with Crippen LogP contribution in [0.1, 0.15) is 34.3 Å². The molecule has 1 fully saturated rings. The zero-order valence-corrected chi connectivity index (χ0v) is 14.8. The summed E-state index contributed by atoms with van der Waals surface area (Å²) in [5.41, 5.74) is 2.51. The van der Waals surface area contributed by atoms with Gasteiger partial charge in [0.15, 0.2) is 0 Å². The predicted octanol–water partition coefficient (Wildman–Crippen LogP) is 3.88. The van der Waals surface area contributed by atoms with Gasteiger partial charge in [0.05, 0.1) is 5.56 Å². The third kappa shape index (κ3) is 4.40. The molecule has 0 aliphatic carbocycles. The molecule has 0 spiro atoms. The van der Waals surface area contributed by atoms with Crippen molar-refractivity contribution in [2.75, 3.05) is 19.8 Å². The Bertz CT molecular complexity index is 741. The summed E-state index contributed by atoms with van der Waals surface area (Å²) in [4.78, 5) is 11.1. The Hall–Kier alpha value is -1.88. The van der Waals surface area contributed by atoms with Crippen LogP contribution in [-0.4, -0.2) is 30.8 Å². The summed E-state index contributed by atoms with van der Waals surface area (Å²) in [6.07, 6.45) is 1.88. The second-order valence-electron chi connectivity index (χ2n) is 6.51. The van der Waals surface area contributed by atoms with Gasteiger partial charge in [0.2, 0.25) is 0 Å². The van der Waals surface area contributed by atoms with Crippen LogP contribution in [0.4, 0.5) is 0 Å². The minimum absolute atomic E-state index is 0.00639. The van der Waals surface area contributed by atoms with Crippen LogP contribution in [0.3, 0.4) is 0 Å². The summed E-state index contributed by atoms with van der Waals surface area (Å²) < 4.78 is 5.56. The standard InChI is InChI=1S/C20H22ClNO3/c21-18-6-2-5-17(12-18)20(7-9-25-10-8-20)14-22-13-15-3-1-4-16(11-15)19(23)24/h1-6,11-12,22H,7-10,13-14H2,(H,23,24). The number of aromatic carboxylic acids is 1. The van der Waals surface area contributed by atoms with Crippen molar-refractivity contribution in [2.24, 2.45) is 0 Å². The van der Waals surface area contributed by atoms with Crippen molar-refractivity contribution < 1.29 is 14.6 Å². The normalized spacial score (nSPS) is 16.5. The van der Waals surface area contributed by atoms with Crippen molar-refractivity contribution in [3.05, 3.63) is 70.2 Å². The van der Waals surface area contributed by atoms with Gasteiger partial charge in [-0.3, -0.25) is 0 Å². The van der Waals surface area contributed by atoms with Crippen LogP contribution in [0.25, 0.3) is 0 Å². The van der Waals surface area contributed by atoms with Crippen molar-refractivity contribution in [3.8, 4) is 0 Å². The fourth-order valence-corrected chi connectivity index (χ4v) is 3.60. The lowest BCUT2D eigenvalue weighted by molar-refractivity contribution is 0.0497. The molecule has 1 aliphatic heterocycles. The molecule has 1 heterocycles. The van der Waals surface area contributed by atoms with Crippen LogP contribution in [-0.2, 0) is 16.7 Å². The van der Waals surface area contributed by atoms with E-state index in [1.807, 2.05) is 24.3 Å². The van der Waals surface area contributed by atoms with E-state index >= 15 is 0 Å². The number of carboxylic acids is 1. The molecular weight excluding hydrogens is 338 g/mol. The minimum Gasteiger partial charge on any atom is -0.478 e. The first-order chi connectivity index (χ1) is 12.1. The molecule has 5 heteroatoms. The third-order valence-electron chi connectivity index (χ3n) is 4.85. The van der Waals surface area contributed by atoms with E-state index in [2.05, 4.69) is 11.4 Å². The molecule has 2 aromatic rings. The summed E-state index contributed by atoms with van der Waals surface area (Å²) in [5.74, 6) is -0.901. The molecule has 2 aromatic carbocycles. The van der Waals surface area contributed by atoms with Gasteiger partial charge in [-0.1, -0.05) is 35.9 Å². The van der Waals surface area contributed by atoms with Gasteiger partial charge in [-0.2, -0.15) is 0 Å². The van der Waals surface area contributed by atoms with Crippen LogP contribution in [0, 0.1) is 0 Å². The quantitative estimate of drug-likeness (QED) is 0.821. The van der Waals surface area contributed by atoms with Gasteiger partial charge in [-0.05, 0) is 48.2 Å². The lowest BCUT2D eigenvalue weighted by Gasteiger charge is -2.38. The second-order valence-corrected chi connectivity index (χ2v) is 6.95. The molecule has 0 aromatic heterocycles. The molecule has 3 rings (SSSR count). The molecule has 0 amide bonds. The maximum Gasteiger partial charge on any atom is 0.335 e. The number of ether oxygens (including phenoxy) is 1. The van der Waals surface area contributed by atoms with Gasteiger partial charge in [0.1, 0.15) is 0 Å². The molecule has 0 bridgehead atoms. The number of rotatable bonds is 6. The highest BCUT2D eigenvalue weighted by Gasteiger charge is 2.34. The lowest BCUT2D eigenvalue weighted by Crippen LogP contribution is -2.42. The Morgan fingerprint density at radius 1 is 1.16 bits per heavy atom. The summed E-state index contributed by atoms with van der Waals surface area (Å²) in [7, 11) is 0. The van der Waals surface area contributed by atoms with Crippen molar-refractivity contribution in [2.45, 2.75) is 24.8 Å². The van der Waals surface area contributed by atoms with Crippen molar-refractivity contribution in [1.29, 1.82) is 0 Å². The summed E-state index contributed by atoms with van der Waals surface area (Å²) in [6, 6.07) is 15.1. The van der Waals surface area contributed by atoms with E-state index in [9.17, 15) is 4.79 Å². The van der Waals surface area contributed by atoms with E-state index in [0.717, 1.165) is 43.2 Å². The van der Waals surface area contributed by atoms with Crippen molar-refractivity contribution in [1.82, 2.24) is 5.32 Å². The molecule has 132 valence electrons. The van der Waals surface area contributed by atoms with E-state index in [1.165, 1.54) is 5.56 Å². The first kappa shape index (κ1) is 17.9. The summed E-state index contributed by atoms with van der Waals surface area (Å²) >= 11 is 6.20. The monoisotopic (exact) mass is 359 g/mol. The summed E-state index contributed by atoms with van der Waals surface area (Å²) in [5, 5.41) is 13.4. The number of carbonyl (C=O) groups is 1. The Morgan fingerprint density at radius 2 is 1.92 bits per heavy atom. The highest BCUT2D eigenvalue weighted by Crippen LogP contribution is 2.35. The number of carboxylic acid groups (broad SMARTS) is 1. The molecule has 4 nitrogen and oxygen atoms in total. The molecule has 1 aliphatic rings. The van der Waals surface area contributed by atoms with Crippen molar-refractivity contribution >= 4 is 17.6 Å². The lowest BCUT2D eigenvalue weighted by atomic mass is 9.74. The molecule has 25 heavy (non-hydrogen) atoms. The molecule has 0 atom stereocenters. The van der Waals surface area contributed by atoms with E-state index in [4.69, 9.17) is 21.4 Å². The van der Waals surface area contributed by atoms with E-state index < -0.39 is 5.97 Å². The smallest absolute Gasteiger partial charge is 0.335 e. The van der Waals surface area contributed by atoms with E-state index in [-0.39, 0.29) is 5.41 Å². The molecule has 1 saturated heterocycles. The minimum atomic E-state index is -0.901. The second kappa shape index (κ2) is 8.00. The average molecular weight is 360 g/mol. The van der Waals surface area contributed by atoms with Gasteiger partial charge in [-0.15, -0.1) is 0 Å². The first-order valence-corrected chi connectivity index (χ1v) is 8.84. The summed E-state index contributed by atoms with van der Waals surface area (Å²) in [6.45, 7) is 2.91. The number of benzene rings is 2. The highest BCUT2D eigenvalue weighted by atomic mass is 35.5. The van der Waals surface area contributed by atoms with Gasteiger partial charge < -0.3 is 15.2 Å². The Balaban J connectivity index is 1.71. The van der Waals surface area contributed by atoms with Crippen LogP contribution in [0.2, 0.25) is 5.02 Å². The Labute approximate surface area is 152 Å². The topological polar surface area (TPSA) is 58.6 Å². The van der Waals surface area contributed by atoms with Gasteiger partial charge in [0, 0.05) is 36.7 Å². The van der Waals surface area contributed by atoms with Crippen molar-refractivity contribution in [3.63, 3.8) is 0 Å². The Morgan fingerprint density at radius 3 is 2.64 bits per heavy atom. The SMILES string of the molecule is O=C(O)c1cccc(CNCC2(c3cccc(Cl)c3)CCOCC2)c1. The maximum atomic E-state index is 11.1. The van der Waals surface area contributed by atoms with Crippen LogP contribution < -0.4 is 5.32 Å². The average Bonchev–Trinajstić information content (AvgIpc) is 2.63. The third-order valence-corrected chi connectivity index (χ3v) is 5.09. The Kier molecular flexibility index (Phi) is 5.74. The van der Waals surface area contributed by atoms with Crippen LogP contribution in [0.15, 0.2) is 48.5 Å². The fourth-order valence-electron chi connectivity index (χ4n) is 3.41. The van der Waals surface area contributed by atoms with Crippen LogP contribution in [0.5, 0.6) is 0 Å². The fraction of sp³-hybridized carbons (Fsp3) is 0.350. The zero-order valence-electron chi connectivity index (χ0n) is 14.0. The molecule has 0 unspecified atom stereocenters. The predicted molar refractivity (Wildman–Crippen MR) is 98.3 cm³/mol. The van der Waals surface area contributed by atoms with Gasteiger partial charge >= 0.3 is 5.97 Å². The van der Waals surface area contributed by atoms with Crippen LogP contribution >= 0.6 is 11.6 Å². The van der Waals surface area contributed by atoms with Gasteiger partial charge in [0.25, 0.3) is 0 Å². The number of nitrogens with one attached hydrogen (secondary N) is 1. The molecule has 0 saturated carbocycles. The number of hydrogen-bond acceptors (Lipinski definition) is 3. The van der Waals surface area contributed by atoms with E-state index in [1.54, 1.807) is 18.2 Å². The van der Waals surface area contributed by atoms with E-state index in [0.29, 0.717) is 12.1 Å². The largest absolute Gasteiger partial charge is 0.478 e. The molecule has 0 radical (unpaired) electrons. The van der Waals surface area contributed by atoms with Gasteiger partial charge in [-0.25, -0.2) is 4.79 Å². The maximum absolute atomic E-state index is 11.1. The number of halogens is 1. The highest BCUT2D eigenvalue weighted by molar-refractivity contribution is 6.30.